The van der Waals surface area contributed by atoms with Crippen LogP contribution in [0.15, 0.2) is 0 Å². The number of amides is 2. The van der Waals surface area contributed by atoms with Gasteiger partial charge in [-0.15, -0.1) is 0 Å². The molecular weight excluding hydrogens is 244 g/mol. The van der Waals surface area contributed by atoms with Gasteiger partial charge < -0.3 is 20.5 Å². The third-order valence-corrected chi connectivity index (χ3v) is 3.88. The summed E-state index contributed by atoms with van der Waals surface area (Å²) in [6, 6.07) is -0.476. The summed E-state index contributed by atoms with van der Waals surface area (Å²) in [6.07, 6.45) is 1.05. The van der Waals surface area contributed by atoms with Crippen molar-refractivity contribution in [2.24, 2.45) is 0 Å². The van der Waals surface area contributed by atoms with Crippen molar-refractivity contribution < 1.29 is 19.4 Å². The minimum Gasteiger partial charge on any atom is -0.388 e. The van der Waals surface area contributed by atoms with Gasteiger partial charge in [-0.3, -0.25) is 9.59 Å². The maximum Gasteiger partial charge on any atom is 0.279 e. The van der Waals surface area contributed by atoms with Gasteiger partial charge in [0.05, 0.1) is 5.60 Å². The highest BCUT2D eigenvalue weighted by Crippen LogP contribution is 2.19. The zero-order chi connectivity index (χ0) is 12.3. The molecule has 2 rings (SSSR count). The number of carbonyl (C=O) groups excluding carboxylic acids is 2. The number of rotatable bonds is 3. The van der Waals surface area contributed by atoms with Crippen molar-refractivity contribution in [1.82, 2.24) is 10.6 Å². The summed E-state index contributed by atoms with van der Waals surface area (Å²) in [5.74, 6) is 0.218. The maximum atomic E-state index is 11.7. The van der Waals surface area contributed by atoms with E-state index in [0.29, 0.717) is 31.8 Å². The van der Waals surface area contributed by atoms with E-state index >= 15 is 0 Å². The molecule has 2 saturated heterocycles. The van der Waals surface area contributed by atoms with E-state index < -0.39 is 11.6 Å². The molecule has 2 fully saturated rings. The second kappa shape index (κ2) is 5.24. The average molecular weight is 260 g/mol. The van der Waals surface area contributed by atoms with E-state index in [2.05, 4.69) is 10.6 Å². The summed E-state index contributed by atoms with van der Waals surface area (Å²) < 4.78 is 5.15. The van der Waals surface area contributed by atoms with E-state index in [9.17, 15) is 14.7 Å². The van der Waals surface area contributed by atoms with Crippen LogP contribution in [0.4, 0.5) is 4.79 Å². The molecule has 0 bridgehead atoms. The Kier molecular flexibility index (Phi) is 3.90. The quantitative estimate of drug-likeness (QED) is 0.635. The molecule has 2 aliphatic heterocycles. The fraction of sp³-hybridized carbons (Fsp3) is 0.800. The van der Waals surface area contributed by atoms with Crippen molar-refractivity contribution in [3.8, 4) is 0 Å². The van der Waals surface area contributed by atoms with E-state index in [1.165, 1.54) is 0 Å². The Labute approximate surface area is 103 Å². The molecule has 2 heterocycles. The van der Waals surface area contributed by atoms with Crippen LogP contribution in [0.5, 0.6) is 0 Å². The van der Waals surface area contributed by atoms with Crippen LogP contribution in [0.3, 0.4) is 0 Å². The molecule has 1 atom stereocenters. The number of hydrogen-bond acceptors (Lipinski definition) is 5. The highest BCUT2D eigenvalue weighted by molar-refractivity contribution is 8.14. The Balaban J connectivity index is 1.77. The first-order valence-electron chi connectivity index (χ1n) is 5.60. The van der Waals surface area contributed by atoms with Crippen LogP contribution in [-0.2, 0) is 9.53 Å². The van der Waals surface area contributed by atoms with Gasteiger partial charge in [-0.1, -0.05) is 11.8 Å². The summed E-state index contributed by atoms with van der Waals surface area (Å²) in [5.41, 5.74) is -0.871. The first-order valence-corrected chi connectivity index (χ1v) is 6.59. The summed E-state index contributed by atoms with van der Waals surface area (Å²) in [4.78, 5) is 22.6. The largest absolute Gasteiger partial charge is 0.388 e. The van der Waals surface area contributed by atoms with Crippen molar-refractivity contribution in [3.05, 3.63) is 0 Å². The Bertz CT molecular complexity index is 317. The minimum atomic E-state index is -0.871. The summed E-state index contributed by atoms with van der Waals surface area (Å²) >= 11 is 1.10. The second-order valence-corrected chi connectivity index (χ2v) is 5.34. The highest BCUT2D eigenvalue weighted by Gasteiger charge is 2.33. The zero-order valence-corrected chi connectivity index (χ0v) is 10.2. The first-order chi connectivity index (χ1) is 8.09. The lowest BCUT2D eigenvalue weighted by Gasteiger charge is -2.32. The molecule has 0 spiro atoms. The lowest BCUT2D eigenvalue weighted by atomic mass is 9.94. The van der Waals surface area contributed by atoms with Crippen molar-refractivity contribution >= 4 is 22.9 Å². The molecule has 0 aromatic heterocycles. The smallest absolute Gasteiger partial charge is 0.279 e. The molecule has 3 N–H and O–H groups in total. The molecular formula is C10H16N2O4S. The Hall–Kier alpha value is -0.790. The lowest BCUT2D eigenvalue weighted by Crippen LogP contribution is -2.51. The molecule has 2 amide bonds. The summed E-state index contributed by atoms with van der Waals surface area (Å²) in [6.45, 7) is 1.25. The van der Waals surface area contributed by atoms with Gasteiger partial charge in [-0.05, 0) is 0 Å². The minimum absolute atomic E-state index is 0.171. The standard InChI is InChI=1S/C10H16N2O4S/c13-8(7-5-17-9(14)12-7)11-6-10(15)1-3-16-4-2-10/h7,15H,1-6H2,(H,11,13)(H,12,14). The molecule has 1 unspecified atom stereocenters. The molecule has 96 valence electrons. The maximum absolute atomic E-state index is 11.7. The molecule has 17 heavy (non-hydrogen) atoms. The van der Waals surface area contributed by atoms with Crippen molar-refractivity contribution in [2.45, 2.75) is 24.5 Å². The molecule has 0 aromatic rings. The van der Waals surface area contributed by atoms with Gasteiger partial charge in [0.15, 0.2) is 0 Å². The number of nitrogens with one attached hydrogen (secondary N) is 2. The van der Waals surface area contributed by atoms with Gasteiger partial charge in [0.2, 0.25) is 5.91 Å². The van der Waals surface area contributed by atoms with Crippen LogP contribution in [0, 0.1) is 0 Å². The van der Waals surface area contributed by atoms with Crippen LogP contribution >= 0.6 is 11.8 Å². The van der Waals surface area contributed by atoms with Crippen LogP contribution in [-0.4, -0.2) is 53.4 Å². The van der Waals surface area contributed by atoms with Gasteiger partial charge in [0.1, 0.15) is 6.04 Å². The third-order valence-electron chi connectivity index (χ3n) is 3.00. The van der Waals surface area contributed by atoms with Gasteiger partial charge in [0, 0.05) is 38.4 Å². The van der Waals surface area contributed by atoms with Crippen molar-refractivity contribution in [2.75, 3.05) is 25.5 Å². The fourth-order valence-corrected chi connectivity index (χ4v) is 2.61. The van der Waals surface area contributed by atoms with E-state index in [4.69, 9.17) is 4.74 Å². The molecule has 0 saturated carbocycles. The molecule has 0 radical (unpaired) electrons. The van der Waals surface area contributed by atoms with Crippen LogP contribution in [0.2, 0.25) is 0 Å². The highest BCUT2D eigenvalue weighted by atomic mass is 32.2. The van der Waals surface area contributed by atoms with Crippen molar-refractivity contribution in [3.63, 3.8) is 0 Å². The Morgan fingerprint density at radius 1 is 1.59 bits per heavy atom. The third kappa shape index (κ3) is 3.34. The zero-order valence-electron chi connectivity index (χ0n) is 9.40. The topological polar surface area (TPSA) is 87.7 Å². The van der Waals surface area contributed by atoms with E-state index in [1.54, 1.807) is 0 Å². The van der Waals surface area contributed by atoms with Gasteiger partial charge in [0.25, 0.3) is 5.24 Å². The number of thioether (sulfide) groups is 1. The Morgan fingerprint density at radius 2 is 2.29 bits per heavy atom. The Morgan fingerprint density at radius 3 is 2.88 bits per heavy atom. The fourth-order valence-electron chi connectivity index (χ4n) is 1.83. The van der Waals surface area contributed by atoms with Crippen molar-refractivity contribution in [1.29, 1.82) is 0 Å². The monoisotopic (exact) mass is 260 g/mol. The van der Waals surface area contributed by atoms with Gasteiger partial charge >= 0.3 is 0 Å². The average Bonchev–Trinajstić information content (AvgIpc) is 2.74. The SMILES string of the molecule is O=C1NC(C(=O)NCC2(O)CCOCC2)CS1. The number of hydrogen-bond donors (Lipinski definition) is 3. The molecule has 7 heteroatoms. The van der Waals surface area contributed by atoms with Crippen LogP contribution in [0.25, 0.3) is 0 Å². The predicted molar refractivity (Wildman–Crippen MR) is 62.8 cm³/mol. The lowest BCUT2D eigenvalue weighted by molar-refractivity contribution is -0.125. The second-order valence-electron chi connectivity index (χ2n) is 4.35. The first kappa shape index (κ1) is 12.7. The van der Waals surface area contributed by atoms with E-state index in [1.807, 2.05) is 0 Å². The molecule has 0 aliphatic carbocycles. The number of aliphatic hydroxyl groups is 1. The van der Waals surface area contributed by atoms with Crippen LogP contribution in [0.1, 0.15) is 12.8 Å². The van der Waals surface area contributed by atoms with Crippen LogP contribution < -0.4 is 10.6 Å². The molecule has 2 aliphatic rings. The molecule has 6 nitrogen and oxygen atoms in total. The predicted octanol–water partition coefficient (Wildman–Crippen LogP) is -0.531. The number of ether oxygens (including phenoxy) is 1. The summed E-state index contributed by atoms with van der Waals surface area (Å²) in [7, 11) is 0. The van der Waals surface area contributed by atoms with Gasteiger partial charge in [-0.2, -0.15) is 0 Å². The van der Waals surface area contributed by atoms with E-state index in [0.717, 1.165) is 11.8 Å². The van der Waals surface area contributed by atoms with Gasteiger partial charge in [-0.25, -0.2) is 0 Å². The normalized spacial score (nSPS) is 27.6. The summed E-state index contributed by atoms with van der Waals surface area (Å²) in [5, 5.41) is 15.2. The number of carbonyl (C=O) groups is 2. The molecule has 0 aromatic carbocycles. The van der Waals surface area contributed by atoms with E-state index in [-0.39, 0.29) is 17.7 Å².